The van der Waals surface area contributed by atoms with Gasteiger partial charge < -0.3 is 15.6 Å². The molecule has 31 heavy (non-hydrogen) atoms. The molecule has 1 aliphatic rings. The molecule has 1 aromatic heterocycles. The van der Waals surface area contributed by atoms with E-state index in [1.165, 1.54) is 22.0 Å². The molecule has 0 radical (unpaired) electrons. The second-order valence-corrected chi connectivity index (χ2v) is 8.14. The van der Waals surface area contributed by atoms with Crippen LogP contribution in [0.3, 0.4) is 0 Å². The molecule has 4 rings (SSSR count). The van der Waals surface area contributed by atoms with Gasteiger partial charge in [0.05, 0.1) is 0 Å². The molecule has 1 saturated heterocycles. The van der Waals surface area contributed by atoms with Crippen LogP contribution in [0.25, 0.3) is 10.9 Å². The Morgan fingerprint density at radius 2 is 1.81 bits per heavy atom. The summed E-state index contributed by atoms with van der Waals surface area (Å²) in [7, 11) is 1.86. The second-order valence-electron chi connectivity index (χ2n) is 8.14. The molecule has 1 fully saturated rings. The number of para-hydroxylation sites is 1. The quantitative estimate of drug-likeness (QED) is 0.182. The average molecular weight is 531 g/mol. The van der Waals surface area contributed by atoms with Gasteiger partial charge in [0.15, 0.2) is 5.96 Å². The molecular formula is C25H34IN5. The van der Waals surface area contributed by atoms with Crippen molar-refractivity contribution in [2.75, 3.05) is 26.7 Å². The number of aromatic amines is 1. The van der Waals surface area contributed by atoms with Crippen LogP contribution < -0.4 is 10.6 Å². The maximum Gasteiger partial charge on any atom is 0.191 e. The topological polar surface area (TPSA) is 55.5 Å². The van der Waals surface area contributed by atoms with E-state index in [0.717, 1.165) is 57.8 Å². The lowest BCUT2D eigenvalue weighted by Crippen LogP contribution is -2.48. The standard InChI is InChI=1S/C25H33N5.HI/c1-26-25(27-15-7-10-21-18-28-24-12-6-5-11-23(21)24)29-22-13-16-30(17-14-22)19-20-8-3-2-4-9-20;/h2-6,8-9,11-12,18,22,28H,7,10,13-17,19H2,1H3,(H2,26,27,29);1H. The lowest BCUT2D eigenvalue weighted by molar-refractivity contribution is 0.198. The van der Waals surface area contributed by atoms with Crippen molar-refractivity contribution in [1.82, 2.24) is 20.5 Å². The molecule has 0 aliphatic carbocycles. The third-order valence-corrected chi connectivity index (χ3v) is 5.99. The number of nitrogens with one attached hydrogen (secondary N) is 3. The van der Waals surface area contributed by atoms with Crippen molar-refractivity contribution >= 4 is 40.8 Å². The Bertz CT molecular complexity index is 945. The summed E-state index contributed by atoms with van der Waals surface area (Å²) in [4.78, 5) is 10.3. The maximum absolute atomic E-state index is 4.43. The van der Waals surface area contributed by atoms with Crippen LogP contribution in [0.2, 0.25) is 0 Å². The van der Waals surface area contributed by atoms with E-state index >= 15 is 0 Å². The number of guanidine groups is 1. The summed E-state index contributed by atoms with van der Waals surface area (Å²) in [5.41, 5.74) is 4.01. The van der Waals surface area contributed by atoms with Gasteiger partial charge in [-0.25, -0.2) is 0 Å². The van der Waals surface area contributed by atoms with E-state index in [1.807, 2.05) is 7.05 Å². The van der Waals surface area contributed by atoms with Crippen LogP contribution in [0.15, 0.2) is 65.8 Å². The number of aliphatic imine (C=N–C) groups is 1. The highest BCUT2D eigenvalue weighted by atomic mass is 127. The minimum Gasteiger partial charge on any atom is -0.361 e. The number of fused-ring (bicyclic) bond motifs is 1. The molecule has 0 spiro atoms. The molecule has 0 atom stereocenters. The Labute approximate surface area is 202 Å². The summed E-state index contributed by atoms with van der Waals surface area (Å²) >= 11 is 0. The third-order valence-electron chi connectivity index (χ3n) is 5.99. The molecule has 2 heterocycles. The SMILES string of the molecule is CN=C(NCCCc1c[nH]c2ccccc12)NC1CCN(Cc2ccccc2)CC1.I. The van der Waals surface area contributed by atoms with Crippen LogP contribution >= 0.6 is 24.0 Å². The zero-order chi connectivity index (χ0) is 20.6. The van der Waals surface area contributed by atoms with Gasteiger partial charge in [0, 0.05) is 56.4 Å². The average Bonchev–Trinajstić information content (AvgIpc) is 3.21. The van der Waals surface area contributed by atoms with Crippen LogP contribution in [-0.4, -0.2) is 48.6 Å². The number of piperidine rings is 1. The zero-order valence-electron chi connectivity index (χ0n) is 18.3. The van der Waals surface area contributed by atoms with Crippen LogP contribution in [-0.2, 0) is 13.0 Å². The predicted molar refractivity (Wildman–Crippen MR) is 141 cm³/mol. The minimum atomic E-state index is 0. The van der Waals surface area contributed by atoms with Gasteiger partial charge in [0.1, 0.15) is 0 Å². The molecule has 6 heteroatoms. The molecule has 5 nitrogen and oxygen atoms in total. The molecule has 0 unspecified atom stereocenters. The van der Waals surface area contributed by atoms with Gasteiger partial charge in [0.2, 0.25) is 0 Å². The number of hydrogen-bond acceptors (Lipinski definition) is 2. The van der Waals surface area contributed by atoms with E-state index in [1.54, 1.807) is 0 Å². The van der Waals surface area contributed by atoms with Crippen LogP contribution in [0.4, 0.5) is 0 Å². The van der Waals surface area contributed by atoms with Gasteiger partial charge in [0.25, 0.3) is 0 Å². The van der Waals surface area contributed by atoms with Crippen molar-refractivity contribution in [1.29, 1.82) is 0 Å². The largest absolute Gasteiger partial charge is 0.361 e. The molecule has 1 aliphatic heterocycles. The first-order chi connectivity index (χ1) is 14.8. The van der Waals surface area contributed by atoms with Crippen molar-refractivity contribution in [2.24, 2.45) is 4.99 Å². The van der Waals surface area contributed by atoms with Crippen molar-refractivity contribution in [3.8, 4) is 0 Å². The van der Waals surface area contributed by atoms with Crippen molar-refractivity contribution in [3.05, 3.63) is 71.9 Å². The Morgan fingerprint density at radius 3 is 2.58 bits per heavy atom. The fourth-order valence-corrected chi connectivity index (χ4v) is 4.29. The first-order valence-electron chi connectivity index (χ1n) is 11.1. The highest BCUT2D eigenvalue weighted by molar-refractivity contribution is 14.0. The third kappa shape index (κ3) is 6.71. The van der Waals surface area contributed by atoms with E-state index < -0.39 is 0 Å². The smallest absolute Gasteiger partial charge is 0.191 e. The number of halogens is 1. The number of nitrogens with zero attached hydrogens (tertiary/aromatic N) is 2. The molecular weight excluding hydrogens is 497 g/mol. The van der Waals surface area contributed by atoms with E-state index in [2.05, 4.69) is 86.3 Å². The summed E-state index contributed by atoms with van der Waals surface area (Å²) in [5.74, 6) is 0.926. The number of aromatic nitrogens is 1. The minimum absolute atomic E-state index is 0. The normalized spacial score (nSPS) is 15.6. The number of benzene rings is 2. The van der Waals surface area contributed by atoms with Crippen LogP contribution in [0.1, 0.15) is 30.4 Å². The van der Waals surface area contributed by atoms with Gasteiger partial charge in [-0.1, -0.05) is 48.5 Å². The van der Waals surface area contributed by atoms with E-state index in [9.17, 15) is 0 Å². The number of hydrogen-bond donors (Lipinski definition) is 3. The molecule has 2 aromatic carbocycles. The first-order valence-corrected chi connectivity index (χ1v) is 11.1. The van der Waals surface area contributed by atoms with E-state index in [0.29, 0.717) is 6.04 Å². The molecule has 0 amide bonds. The monoisotopic (exact) mass is 531 g/mol. The molecule has 3 aromatic rings. The Morgan fingerprint density at radius 1 is 1.06 bits per heavy atom. The predicted octanol–water partition coefficient (Wildman–Crippen LogP) is 4.55. The van der Waals surface area contributed by atoms with Gasteiger partial charge in [-0.3, -0.25) is 9.89 Å². The van der Waals surface area contributed by atoms with Crippen molar-refractivity contribution in [3.63, 3.8) is 0 Å². The summed E-state index contributed by atoms with van der Waals surface area (Å²) < 4.78 is 0. The molecule has 166 valence electrons. The summed E-state index contributed by atoms with van der Waals surface area (Å²) in [6, 6.07) is 19.8. The lowest BCUT2D eigenvalue weighted by Gasteiger charge is -2.33. The zero-order valence-corrected chi connectivity index (χ0v) is 20.6. The number of rotatable bonds is 7. The summed E-state index contributed by atoms with van der Waals surface area (Å²) in [5, 5.41) is 8.45. The summed E-state index contributed by atoms with van der Waals surface area (Å²) in [6.07, 6.45) is 6.59. The maximum atomic E-state index is 4.43. The molecule has 0 saturated carbocycles. The molecule has 0 bridgehead atoms. The van der Waals surface area contributed by atoms with Crippen molar-refractivity contribution in [2.45, 2.75) is 38.3 Å². The highest BCUT2D eigenvalue weighted by Crippen LogP contribution is 2.18. The highest BCUT2D eigenvalue weighted by Gasteiger charge is 2.19. The fourth-order valence-electron chi connectivity index (χ4n) is 4.29. The fraction of sp³-hybridized carbons (Fsp3) is 0.400. The van der Waals surface area contributed by atoms with Gasteiger partial charge in [-0.15, -0.1) is 24.0 Å². The Balaban J connectivity index is 0.00000272. The van der Waals surface area contributed by atoms with Gasteiger partial charge in [-0.05, 0) is 42.9 Å². The lowest BCUT2D eigenvalue weighted by atomic mass is 10.0. The first kappa shape index (κ1) is 23.6. The Kier molecular flexibility index (Phi) is 9.21. The van der Waals surface area contributed by atoms with Crippen LogP contribution in [0, 0.1) is 0 Å². The Hall–Kier alpha value is -2.06. The molecule has 3 N–H and O–H groups in total. The second kappa shape index (κ2) is 12.1. The van der Waals surface area contributed by atoms with Crippen LogP contribution in [0.5, 0.6) is 0 Å². The van der Waals surface area contributed by atoms with Crippen molar-refractivity contribution < 1.29 is 0 Å². The van der Waals surface area contributed by atoms with E-state index in [4.69, 9.17) is 0 Å². The summed E-state index contributed by atoms with van der Waals surface area (Å²) in [6.45, 7) is 4.23. The number of H-pyrrole nitrogens is 1. The number of likely N-dealkylation sites (tertiary alicyclic amines) is 1. The van der Waals surface area contributed by atoms with Gasteiger partial charge >= 0.3 is 0 Å². The van der Waals surface area contributed by atoms with E-state index in [-0.39, 0.29) is 24.0 Å². The van der Waals surface area contributed by atoms with Gasteiger partial charge in [-0.2, -0.15) is 0 Å². The number of aryl methyl sites for hydroxylation is 1.